The summed E-state index contributed by atoms with van der Waals surface area (Å²) in [5, 5.41) is 9.89. The number of nitrogens with two attached hydrogens (primary N) is 1. The Labute approximate surface area is 105 Å². The lowest BCUT2D eigenvalue weighted by Gasteiger charge is -2.16. The zero-order valence-electron chi connectivity index (χ0n) is 9.87. The molecule has 0 heterocycles. The van der Waals surface area contributed by atoms with Gasteiger partial charge in [0, 0.05) is 17.1 Å². The summed E-state index contributed by atoms with van der Waals surface area (Å²) in [7, 11) is 0. The van der Waals surface area contributed by atoms with Crippen LogP contribution in [0.1, 0.15) is 30.6 Å². The van der Waals surface area contributed by atoms with E-state index in [-0.39, 0.29) is 12.2 Å². The first-order valence-corrected chi connectivity index (χ1v) is 5.62. The van der Waals surface area contributed by atoms with Crippen LogP contribution in [0.2, 0.25) is 5.02 Å². The van der Waals surface area contributed by atoms with Crippen molar-refractivity contribution < 1.29 is 14.6 Å². The third-order valence-electron chi connectivity index (χ3n) is 2.18. The molecule has 5 heteroatoms. The van der Waals surface area contributed by atoms with E-state index in [9.17, 15) is 9.90 Å². The maximum absolute atomic E-state index is 11.7. The molecule has 0 saturated carbocycles. The van der Waals surface area contributed by atoms with E-state index in [0.717, 1.165) is 0 Å². The van der Waals surface area contributed by atoms with Crippen LogP contribution in [0.5, 0.6) is 0 Å². The molecule has 0 bridgehead atoms. The number of benzene rings is 1. The predicted octanol–water partition coefficient (Wildman–Crippen LogP) is 2.24. The number of carbonyl (C=O) groups is 1. The average Bonchev–Trinajstić information content (AvgIpc) is 2.19. The number of nitrogen functional groups attached to an aromatic ring is 1. The summed E-state index contributed by atoms with van der Waals surface area (Å²) in [6, 6.07) is 4.61. The van der Waals surface area contributed by atoms with Crippen molar-refractivity contribution in [1.82, 2.24) is 0 Å². The zero-order chi connectivity index (χ0) is 13.1. The summed E-state index contributed by atoms with van der Waals surface area (Å²) in [6.07, 6.45) is 0.360. The number of hydrogen-bond donors (Lipinski definition) is 2. The number of anilines is 1. The number of aliphatic hydroxyl groups is 1. The number of halogens is 1. The van der Waals surface area contributed by atoms with Gasteiger partial charge in [-0.15, -0.1) is 0 Å². The van der Waals surface area contributed by atoms with Crippen LogP contribution in [0.15, 0.2) is 18.2 Å². The second kappa shape index (κ2) is 5.38. The minimum atomic E-state index is -0.861. The number of carbonyl (C=O) groups excluding carboxylic acids is 1. The zero-order valence-corrected chi connectivity index (χ0v) is 10.6. The van der Waals surface area contributed by atoms with Crippen LogP contribution in [-0.2, 0) is 4.74 Å². The van der Waals surface area contributed by atoms with Gasteiger partial charge in [-0.2, -0.15) is 0 Å². The maximum Gasteiger partial charge on any atom is 0.340 e. The van der Waals surface area contributed by atoms with Gasteiger partial charge in [0.1, 0.15) is 0 Å². The molecule has 3 N–H and O–H groups in total. The summed E-state index contributed by atoms with van der Waals surface area (Å²) in [4.78, 5) is 11.7. The highest BCUT2D eigenvalue weighted by atomic mass is 35.5. The lowest BCUT2D eigenvalue weighted by molar-refractivity contribution is 0.0245. The van der Waals surface area contributed by atoms with Crippen LogP contribution >= 0.6 is 11.6 Å². The van der Waals surface area contributed by atoms with Crippen molar-refractivity contribution >= 4 is 23.3 Å². The van der Waals surface area contributed by atoms with Crippen LogP contribution in [0.4, 0.5) is 5.69 Å². The fourth-order valence-electron chi connectivity index (χ4n) is 1.18. The first-order chi connectivity index (χ1) is 7.79. The van der Waals surface area contributed by atoms with E-state index in [0.29, 0.717) is 17.1 Å². The Morgan fingerprint density at radius 2 is 2.18 bits per heavy atom. The lowest BCUT2D eigenvalue weighted by Crippen LogP contribution is -2.22. The quantitative estimate of drug-likeness (QED) is 0.641. The summed E-state index contributed by atoms with van der Waals surface area (Å²) >= 11 is 5.76. The van der Waals surface area contributed by atoms with Gasteiger partial charge in [-0.3, -0.25) is 0 Å². The van der Waals surface area contributed by atoms with E-state index in [1.165, 1.54) is 6.07 Å². The molecule has 0 radical (unpaired) electrons. The Kier molecular flexibility index (Phi) is 4.37. The van der Waals surface area contributed by atoms with Gasteiger partial charge in [0.2, 0.25) is 0 Å². The number of esters is 1. The van der Waals surface area contributed by atoms with Crippen molar-refractivity contribution in [2.24, 2.45) is 0 Å². The minimum Gasteiger partial charge on any atom is -0.462 e. The van der Waals surface area contributed by atoms with Crippen LogP contribution in [-0.4, -0.2) is 23.3 Å². The summed E-state index contributed by atoms with van der Waals surface area (Å²) in [5.41, 5.74) is 5.34. The first-order valence-electron chi connectivity index (χ1n) is 5.24. The van der Waals surface area contributed by atoms with Crippen LogP contribution in [0, 0.1) is 0 Å². The highest BCUT2D eigenvalue weighted by molar-refractivity contribution is 6.31. The molecule has 0 spiro atoms. The van der Waals surface area contributed by atoms with Gasteiger partial charge < -0.3 is 15.6 Å². The monoisotopic (exact) mass is 257 g/mol. The summed E-state index contributed by atoms with van der Waals surface area (Å²) < 4.78 is 5.00. The third kappa shape index (κ3) is 4.63. The van der Waals surface area contributed by atoms with Gasteiger partial charge in [-0.05, 0) is 32.0 Å². The molecule has 0 aliphatic rings. The van der Waals surface area contributed by atoms with Crippen LogP contribution < -0.4 is 5.73 Å². The van der Waals surface area contributed by atoms with E-state index in [1.54, 1.807) is 26.0 Å². The maximum atomic E-state index is 11.7. The number of ether oxygens (including phenoxy) is 1. The Morgan fingerprint density at radius 3 is 2.76 bits per heavy atom. The van der Waals surface area contributed by atoms with Crippen molar-refractivity contribution in [3.05, 3.63) is 28.8 Å². The molecule has 1 aromatic rings. The second-order valence-electron chi connectivity index (χ2n) is 4.43. The van der Waals surface area contributed by atoms with Gasteiger partial charge in [0.05, 0.1) is 17.8 Å². The van der Waals surface area contributed by atoms with Gasteiger partial charge >= 0.3 is 5.97 Å². The van der Waals surface area contributed by atoms with Gasteiger partial charge in [0.15, 0.2) is 0 Å². The molecule has 0 atom stereocenters. The first kappa shape index (κ1) is 13.8. The largest absolute Gasteiger partial charge is 0.462 e. The molecule has 1 rings (SSSR count). The van der Waals surface area contributed by atoms with Crippen molar-refractivity contribution in [2.45, 2.75) is 25.9 Å². The van der Waals surface area contributed by atoms with Crippen LogP contribution in [0.25, 0.3) is 0 Å². The standard InChI is InChI=1S/C12H16ClNO3/c1-12(2,16)5-6-17-11(15)9-7-8(13)3-4-10(9)14/h3-4,7,16H,5-6,14H2,1-2H3. The topological polar surface area (TPSA) is 72.5 Å². The van der Waals surface area contributed by atoms with Crippen molar-refractivity contribution in [3.63, 3.8) is 0 Å². The number of hydrogen-bond acceptors (Lipinski definition) is 4. The average molecular weight is 258 g/mol. The third-order valence-corrected chi connectivity index (χ3v) is 2.42. The Balaban J connectivity index is 2.61. The minimum absolute atomic E-state index is 0.133. The van der Waals surface area contributed by atoms with E-state index in [2.05, 4.69) is 0 Å². The highest BCUT2D eigenvalue weighted by Crippen LogP contribution is 2.19. The van der Waals surface area contributed by atoms with Crippen molar-refractivity contribution in [2.75, 3.05) is 12.3 Å². The SMILES string of the molecule is CC(C)(O)CCOC(=O)c1cc(Cl)ccc1N. The van der Waals surface area contributed by atoms with Crippen molar-refractivity contribution in [3.8, 4) is 0 Å². The molecule has 0 saturated heterocycles. The summed E-state index contributed by atoms with van der Waals surface area (Å²) in [5.74, 6) is -0.533. The molecular formula is C12H16ClNO3. The van der Waals surface area contributed by atoms with Crippen LogP contribution in [0.3, 0.4) is 0 Å². The van der Waals surface area contributed by atoms with Crippen molar-refractivity contribution in [1.29, 1.82) is 0 Å². The fourth-order valence-corrected chi connectivity index (χ4v) is 1.35. The van der Waals surface area contributed by atoms with Gasteiger partial charge in [-0.25, -0.2) is 4.79 Å². The Morgan fingerprint density at radius 1 is 1.53 bits per heavy atom. The lowest BCUT2D eigenvalue weighted by atomic mass is 10.1. The Bertz CT molecular complexity index is 413. The van der Waals surface area contributed by atoms with E-state index < -0.39 is 11.6 Å². The van der Waals surface area contributed by atoms with E-state index in [1.807, 2.05) is 0 Å². The molecule has 0 aliphatic carbocycles. The number of rotatable bonds is 4. The molecule has 0 amide bonds. The molecule has 94 valence electrons. The predicted molar refractivity (Wildman–Crippen MR) is 67.1 cm³/mol. The Hall–Kier alpha value is -1.26. The smallest absolute Gasteiger partial charge is 0.340 e. The fraction of sp³-hybridized carbons (Fsp3) is 0.417. The molecule has 1 aromatic carbocycles. The van der Waals surface area contributed by atoms with Gasteiger partial charge in [-0.1, -0.05) is 11.6 Å². The molecule has 17 heavy (non-hydrogen) atoms. The second-order valence-corrected chi connectivity index (χ2v) is 4.87. The van der Waals surface area contributed by atoms with E-state index in [4.69, 9.17) is 22.1 Å². The molecule has 0 fully saturated rings. The van der Waals surface area contributed by atoms with Gasteiger partial charge in [0.25, 0.3) is 0 Å². The summed E-state index contributed by atoms with van der Waals surface area (Å²) in [6.45, 7) is 3.43. The molecule has 0 aromatic heterocycles. The molecular weight excluding hydrogens is 242 g/mol. The molecule has 0 unspecified atom stereocenters. The highest BCUT2D eigenvalue weighted by Gasteiger charge is 2.16. The van der Waals surface area contributed by atoms with E-state index >= 15 is 0 Å². The molecule has 4 nitrogen and oxygen atoms in total. The normalized spacial score (nSPS) is 11.3. The molecule has 0 aliphatic heterocycles.